The Bertz CT molecular complexity index is 1580. The summed E-state index contributed by atoms with van der Waals surface area (Å²) in [5.74, 6) is -3.12. The van der Waals surface area contributed by atoms with Gasteiger partial charge in [0.25, 0.3) is 5.92 Å². The second kappa shape index (κ2) is 9.56. The number of H-pyrrole nitrogens is 1. The summed E-state index contributed by atoms with van der Waals surface area (Å²) in [5.41, 5.74) is 4.16. The van der Waals surface area contributed by atoms with E-state index in [9.17, 15) is 13.2 Å². The Morgan fingerprint density at radius 1 is 1.11 bits per heavy atom. The molecular formula is C27H24F3N7O. The van der Waals surface area contributed by atoms with Crippen LogP contribution in [0.1, 0.15) is 18.0 Å². The van der Waals surface area contributed by atoms with Gasteiger partial charge in [-0.2, -0.15) is 5.10 Å². The number of nitrogens with one attached hydrogen (secondary N) is 1. The molecule has 4 heterocycles. The number of halogens is 3. The first kappa shape index (κ1) is 24.1. The van der Waals surface area contributed by atoms with E-state index >= 15 is 0 Å². The van der Waals surface area contributed by atoms with Crippen LogP contribution in [0.4, 0.5) is 13.2 Å². The van der Waals surface area contributed by atoms with Crippen LogP contribution in [0.15, 0.2) is 67.1 Å². The molecule has 1 saturated heterocycles. The molecule has 5 aromatic rings. The van der Waals surface area contributed by atoms with Gasteiger partial charge in [0.1, 0.15) is 23.0 Å². The summed E-state index contributed by atoms with van der Waals surface area (Å²) in [6.45, 7) is -0.210. The predicted molar refractivity (Wildman–Crippen MR) is 135 cm³/mol. The van der Waals surface area contributed by atoms with Crippen molar-refractivity contribution < 1.29 is 17.9 Å². The number of aromatic amines is 1. The van der Waals surface area contributed by atoms with E-state index in [4.69, 9.17) is 4.74 Å². The number of rotatable bonds is 6. The average Bonchev–Trinajstić information content (AvgIpc) is 3.57. The lowest BCUT2D eigenvalue weighted by atomic mass is 10.0. The fraction of sp³-hybridized carbons (Fsp3) is 0.259. The highest BCUT2D eigenvalue weighted by Crippen LogP contribution is 2.36. The van der Waals surface area contributed by atoms with E-state index in [2.05, 4.69) is 25.5 Å². The van der Waals surface area contributed by atoms with Gasteiger partial charge < -0.3 is 4.74 Å². The number of likely N-dealkylation sites (tertiary alicyclic amines) is 1. The minimum Gasteiger partial charge on any atom is -0.496 e. The van der Waals surface area contributed by atoms with Gasteiger partial charge in [0.05, 0.1) is 31.4 Å². The van der Waals surface area contributed by atoms with E-state index in [0.717, 1.165) is 27.7 Å². The maximum absolute atomic E-state index is 14.8. The molecule has 1 aliphatic heterocycles. The monoisotopic (exact) mass is 519 g/mol. The zero-order valence-electron chi connectivity index (χ0n) is 20.5. The average molecular weight is 520 g/mol. The van der Waals surface area contributed by atoms with Gasteiger partial charge in [-0.25, -0.2) is 17.9 Å². The molecule has 0 bridgehead atoms. The van der Waals surface area contributed by atoms with Crippen LogP contribution in [0, 0.1) is 5.82 Å². The van der Waals surface area contributed by atoms with Gasteiger partial charge in [-0.3, -0.25) is 15.0 Å². The van der Waals surface area contributed by atoms with Crippen LogP contribution in [0.25, 0.3) is 33.4 Å². The van der Waals surface area contributed by atoms with Crippen molar-refractivity contribution in [1.29, 1.82) is 0 Å². The van der Waals surface area contributed by atoms with Crippen molar-refractivity contribution in [2.75, 3.05) is 20.2 Å². The molecular weight excluding hydrogens is 495 g/mol. The SMILES string of the molecule is COc1cccc(F)c1CN1CC(n2cc(-c3ccc4[nH]nc(-c5ccncc5)c4c3)nn2)CC(F)(F)C1. The van der Waals surface area contributed by atoms with E-state index in [1.807, 2.05) is 30.3 Å². The molecule has 38 heavy (non-hydrogen) atoms. The van der Waals surface area contributed by atoms with Gasteiger partial charge in [-0.15, -0.1) is 5.10 Å². The number of benzene rings is 2. The van der Waals surface area contributed by atoms with E-state index in [1.165, 1.54) is 28.8 Å². The van der Waals surface area contributed by atoms with Crippen LogP contribution in [-0.2, 0) is 6.54 Å². The third-order valence-electron chi connectivity index (χ3n) is 6.83. The smallest absolute Gasteiger partial charge is 0.262 e. The molecule has 194 valence electrons. The molecule has 1 aliphatic rings. The van der Waals surface area contributed by atoms with Crippen molar-refractivity contribution in [1.82, 2.24) is 35.1 Å². The summed E-state index contributed by atoms with van der Waals surface area (Å²) in [6, 6.07) is 13.3. The highest BCUT2D eigenvalue weighted by Gasteiger charge is 2.42. The third kappa shape index (κ3) is 4.60. The summed E-state index contributed by atoms with van der Waals surface area (Å²) in [5, 5.41) is 16.9. The second-order valence-electron chi connectivity index (χ2n) is 9.46. The van der Waals surface area contributed by atoms with E-state index < -0.39 is 24.3 Å². The highest BCUT2D eigenvalue weighted by atomic mass is 19.3. The van der Waals surface area contributed by atoms with Crippen molar-refractivity contribution in [2.45, 2.75) is 24.9 Å². The van der Waals surface area contributed by atoms with Crippen molar-refractivity contribution in [3.63, 3.8) is 0 Å². The topological polar surface area (TPSA) is 84.8 Å². The molecule has 1 unspecified atom stereocenters. The van der Waals surface area contributed by atoms with Crippen LogP contribution in [0.5, 0.6) is 5.75 Å². The number of pyridine rings is 1. The largest absolute Gasteiger partial charge is 0.496 e. The van der Waals surface area contributed by atoms with Gasteiger partial charge >= 0.3 is 0 Å². The second-order valence-corrected chi connectivity index (χ2v) is 9.46. The van der Waals surface area contributed by atoms with Crippen LogP contribution in [-0.4, -0.2) is 61.2 Å². The maximum atomic E-state index is 14.8. The molecule has 3 aromatic heterocycles. The van der Waals surface area contributed by atoms with Gasteiger partial charge in [-0.1, -0.05) is 17.3 Å². The van der Waals surface area contributed by atoms with E-state index in [-0.39, 0.29) is 25.1 Å². The Balaban J connectivity index is 1.27. The molecule has 0 amide bonds. The Morgan fingerprint density at radius 2 is 1.95 bits per heavy atom. The molecule has 1 N–H and O–H groups in total. The molecule has 1 atom stereocenters. The molecule has 0 spiro atoms. The van der Waals surface area contributed by atoms with Crippen LogP contribution in [0.2, 0.25) is 0 Å². The van der Waals surface area contributed by atoms with Crippen molar-refractivity contribution in [2.24, 2.45) is 0 Å². The Kier molecular flexibility index (Phi) is 6.07. The number of alkyl halides is 2. The van der Waals surface area contributed by atoms with Crippen LogP contribution in [0.3, 0.4) is 0 Å². The molecule has 11 heteroatoms. The fourth-order valence-corrected chi connectivity index (χ4v) is 5.06. The number of aromatic nitrogens is 6. The molecule has 0 saturated carbocycles. The predicted octanol–water partition coefficient (Wildman–Crippen LogP) is 5.11. The van der Waals surface area contributed by atoms with Crippen molar-refractivity contribution in [3.05, 3.63) is 78.5 Å². The zero-order valence-corrected chi connectivity index (χ0v) is 20.5. The normalized spacial score (nSPS) is 17.6. The van der Waals surface area contributed by atoms with Crippen LogP contribution >= 0.6 is 0 Å². The number of fused-ring (bicyclic) bond motifs is 1. The Morgan fingerprint density at radius 3 is 2.76 bits per heavy atom. The minimum atomic E-state index is -2.97. The zero-order chi connectivity index (χ0) is 26.3. The maximum Gasteiger partial charge on any atom is 0.262 e. The number of methoxy groups -OCH3 is 1. The van der Waals surface area contributed by atoms with Gasteiger partial charge in [0.2, 0.25) is 0 Å². The molecule has 1 fully saturated rings. The summed E-state index contributed by atoms with van der Waals surface area (Å²) >= 11 is 0. The third-order valence-corrected chi connectivity index (χ3v) is 6.83. The summed E-state index contributed by atoms with van der Waals surface area (Å²) in [4.78, 5) is 5.60. The van der Waals surface area contributed by atoms with E-state index in [1.54, 1.807) is 24.7 Å². The number of nitrogens with zero attached hydrogens (tertiary/aromatic N) is 6. The molecule has 8 nitrogen and oxygen atoms in total. The van der Waals surface area contributed by atoms with Gasteiger partial charge in [0, 0.05) is 54.0 Å². The Labute approximate surface area is 216 Å². The molecule has 6 rings (SSSR count). The van der Waals surface area contributed by atoms with Gasteiger partial charge in [0.15, 0.2) is 0 Å². The summed E-state index contributed by atoms with van der Waals surface area (Å²) in [6.07, 6.45) is 4.71. The van der Waals surface area contributed by atoms with Gasteiger partial charge in [-0.05, 0) is 36.4 Å². The van der Waals surface area contributed by atoms with Crippen molar-refractivity contribution in [3.8, 4) is 28.3 Å². The standard InChI is InChI=1S/C27H24F3N7O/c1-38-25-4-2-3-22(28)21(25)14-36-13-19(12-27(29,30)16-36)37-15-24(33-35-37)18-5-6-23-20(11-18)26(34-32-23)17-7-9-31-10-8-17/h2-11,15,19H,12-14,16H2,1H3,(H,32,34). The number of hydrogen-bond donors (Lipinski definition) is 1. The first-order chi connectivity index (χ1) is 18.4. The number of ether oxygens (including phenoxy) is 1. The summed E-state index contributed by atoms with van der Waals surface area (Å²) in [7, 11) is 1.43. The first-order valence-corrected chi connectivity index (χ1v) is 12.1. The summed E-state index contributed by atoms with van der Waals surface area (Å²) < 4.78 is 50.8. The van der Waals surface area contributed by atoms with Crippen LogP contribution < -0.4 is 4.74 Å². The Hall–Kier alpha value is -4.25. The fourth-order valence-electron chi connectivity index (χ4n) is 5.06. The van der Waals surface area contributed by atoms with Crippen molar-refractivity contribution >= 4 is 10.9 Å². The molecule has 2 aromatic carbocycles. The quantitative estimate of drug-likeness (QED) is 0.336. The molecule has 0 radical (unpaired) electrons. The highest BCUT2D eigenvalue weighted by molar-refractivity contribution is 5.95. The molecule has 0 aliphatic carbocycles. The lowest BCUT2D eigenvalue weighted by Gasteiger charge is -2.37. The minimum absolute atomic E-state index is 0.00156. The lowest BCUT2D eigenvalue weighted by Crippen LogP contribution is -2.47. The lowest BCUT2D eigenvalue weighted by molar-refractivity contribution is -0.0856. The number of piperidine rings is 1. The number of hydrogen-bond acceptors (Lipinski definition) is 6. The van der Waals surface area contributed by atoms with E-state index in [0.29, 0.717) is 11.4 Å². The first-order valence-electron chi connectivity index (χ1n) is 12.1.